The van der Waals surface area contributed by atoms with E-state index in [1.54, 1.807) is 18.2 Å². The lowest BCUT2D eigenvalue weighted by Crippen LogP contribution is -2.00. The van der Waals surface area contributed by atoms with E-state index in [-0.39, 0.29) is 5.78 Å². The van der Waals surface area contributed by atoms with Crippen molar-refractivity contribution in [2.75, 3.05) is 0 Å². The van der Waals surface area contributed by atoms with Crippen molar-refractivity contribution in [3.63, 3.8) is 0 Å². The highest BCUT2D eigenvalue weighted by Crippen LogP contribution is 2.23. The Morgan fingerprint density at radius 3 is 2.79 bits per heavy atom. The number of carbonyl (C=O) groups excluding carboxylic acids is 1. The number of Topliss-reactive ketones (excluding diaryl/α,β-unsaturated/α-hetero) is 1. The number of rotatable bonds is 3. The predicted octanol–water partition coefficient (Wildman–Crippen LogP) is 4.25. The summed E-state index contributed by atoms with van der Waals surface area (Å²) < 4.78 is 0.771. The molecule has 0 bridgehead atoms. The Labute approximate surface area is 96.9 Å². The second kappa shape index (κ2) is 4.76. The van der Waals surface area contributed by atoms with E-state index in [1.165, 1.54) is 0 Å². The summed E-state index contributed by atoms with van der Waals surface area (Å²) in [4.78, 5) is 11.7. The molecule has 0 unspecified atom stereocenters. The number of allylic oxidation sites excluding steroid dienone is 1. The SMILES string of the molecule is C=C(C)CC(=O)c1cc(Cl)ccc1Br. The van der Waals surface area contributed by atoms with Gasteiger partial charge in [0.2, 0.25) is 0 Å². The smallest absolute Gasteiger partial charge is 0.168 e. The van der Waals surface area contributed by atoms with Crippen molar-refractivity contribution < 1.29 is 4.79 Å². The number of halogens is 2. The third-order valence-corrected chi connectivity index (χ3v) is 2.62. The van der Waals surface area contributed by atoms with E-state index in [0.29, 0.717) is 17.0 Å². The molecule has 1 nitrogen and oxygen atoms in total. The molecule has 0 aromatic heterocycles. The third-order valence-electron chi connectivity index (χ3n) is 1.69. The zero-order chi connectivity index (χ0) is 10.7. The topological polar surface area (TPSA) is 17.1 Å². The van der Waals surface area contributed by atoms with E-state index in [9.17, 15) is 4.79 Å². The summed E-state index contributed by atoms with van der Waals surface area (Å²) in [6.07, 6.45) is 0.360. The largest absolute Gasteiger partial charge is 0.294 e. The molecule has 0 saturated carbocycles. The maximum Gasteiger partial charge on any atom is 0.168 e. The van der Waals surface area contributed by atoms with Crippen LogP contribution in [-0.2, 0) is 0 Å². The fraction of sp³-hybridized carbons (Fsp3) is 0.182. The fourth-order valence-corrected chi connectivity index (χ4v) is 1.72. The van der Waals surface area contributed by atoms with Gasteiger partial charge in [0.15, 0.2) is 5.78 Å². The van der Waals surface area contributed by atoms with E-state index in [1.807, 2.05) is 6.92 Å². The Balaban J connectivity index is 3.00. The van der Waals surface area contributed by atoms with Crippen molar-refractivity contribution >= 4 is 33.3 Å². The first-order valence-electron chi connectivity index (χ1n) is 4.13. The van der Waals surface area contributed by atoms with Gasteiger partial charge in [0.25, 0.3) is 0 Å². The van der Waals surface area contributed by atoms with Crippen LogP contribution in [0, 0.1) is 0 Å². The van der Waals surface area contributed by atoms with E-state index in [4.69, 9.17) is 11.6 Å². The molecule has 0 spiro atoms. The van der Waals surface area contributed by atoms with Crippen molar-refractivity contribution in [2.45, 2.75) is 13.3 Å². The minimum Gasteiger partial charge on any atom is -0.294 e. The van der Waals surface area contributed by atoms with Crippen LogP contribution in [-0.4, -0.2) is 5.78 Å². The van der Waals surface area contributed by atoms with Crippen LogP contribution in [0.1, 0.15) is 23.7 Å². The minimum atomic E-state index is 0.0341. The summed E-state index contributed by atoms with van der Waals surface area (Å²) in [6.45, 7) is 5.53. The highest BCUT2D eigenvalue weighted by Gasteiger charge is 2.10. The molecule has 1 aromatic rings. The molecule has 0 fully saturated rings. The fourth-order valence-electron chi connectivity index (χ4n) is 1.08. The third kappa shape index (κ3) is 2.96. The van der Waals surface area contributed by atoms with Gasteiger partial charge in [0, 0.05) is 21.5 Å². The Hall–Kier alpha value is -0.600. The molecular weight excluding hydrogens is 263 g/mol. The summed E-state index contributed by atoms with van der Waals surface area (Å²) in [7, 11) is 0. The molecule has 0 heterocycles. The zero-order valence-corrected chi connectivity index (χ0v) is 10.2. The quantitative estimate of drug-likeness (QED) is 0.594. The second-order valence-electron chi connectivity index (χ2n) is 3.18. The van der Waals surface area contributed by atoms with Crippen molar-refractivity contribution in [2.24, 2.45) is 0 Å². The Morgan fingerprint density at radius 2 is 2.21 bits per heavy atom. The van der Waals surface area contributed by atoms with Crippen molar-refractivity contribution in [1.82, 2.24) is 0 Å². The Kier molecular flexibility index (Phi) is 3.90. The molecule has 0 N–H and O–H groups in total. The number of hydrogen-bond acceptors (Lipinski definition) is 1. The molecule has 0 aliphatic rings. The van der Waals surface area contributed by atoms with Crippen LogP contribution in [0.3, 0.4) is 0 Å². The Bertz CT molecular complexity index is 385. The van der Waals surface area contributed by atoms with Crippen LogP contribution in [0.2, 0.25) is 5.02 Å². The van der Waals surface area contributed by atoms with E-state index in [0.717, 1.165) is 10.0 Å². The summed E-state index contributed by atoms with van der Waals surface area (Å²) in [5, 5.41) is 0.568. The summed E-state index contributed by atoms with van der Waals surface area (Å²) in [6, 6.07) is 5.17. The first-order chi connectivity index (χ1) is 6.50. The van der Waals surface area contributed by atoms with Crippen LogP contribution in [0.4, 0.5) is 0 Å². The molecule has 0 aliphatic carbocycles. The molecule has 0 amide bonds. The van der Waals surface area contributed by atoms with Crippen LogP contribution in [0.5, 0.6) is 0 Å². The normalized spacial score (nSPS) is 9.93. The first-order valence-corrected chi connectivity index (χ1v) is 5.30. The van der Waals surface area contributed by atoms with Crippen LogP contribution >= 0.6 is 27.5 Å². The van der Waals surface area contributed by atoms with Crippen LogP contribution in [0.15, 0.2) is 34.8 Å². The van der Waals surface area contributed by atoms with Gasteiger partial charge in [-0.25, -0.2) is 0 Å². The minimum absolute atomic E-state index is 0.0341. The average Bonchev–Trinajstić information content (AvgIpc) is 2.08. The molecule has 3 heteroatoms. The monoisotopic (exact) mass is 272 g/mol. The number of carbonyl (C=O) groups is 1. The Morgan fingerprint density at radius 1 is 1.57 bits per heavy atom. The summed E-state index contributed by atoms with van der Waals surface area (Å²) in [5.74, 6) is 0.0341. The van der Waals surface area contributed by atoms with Gasteiger partial charge in [-0.05, 0) is 25.1 Å². The molecule has 0 radical (unpaired) electrons. The summed E-state index contributed by atoms with van der Waals surface area (Å²) in [5.41, 5.74) is 1.46. The number of ketones is 1. The number of benzene rings is 1. The van der Waals surface area contributed by atoms with Crippen molar-refractivity contribution in [1.29, 1.82) is 0 Å². The van der Waals surface area contributed by atoms with E-state index >= 15 is 0 Å². The zero-order valence-electron chi connectivity index (χ0n) is 7.81. The second-order valence-corrected chi connectivity index (χ2v) is 4.47. The molecule has 1 rings (SSSR count). The van der Waals surface area contributed by atoms with Crippen LogP contribution in [0.25, 0.3) is 0 Å². The molecular formula is C11H10BrClO. The van der Waals surface area contributed by atoms with E-state index in [2.05, 4.69) is 22.5 Å². The molecule has 74 valence electrons. The lowest BCUT2D eigenvalue weighted by molar-refractivity contribution is 0.0992. The predicted molar refractivity (Wildman–Crippen MR) is 62.9 cm³/mol. The van der Waals surface area contributed by atoms with Gasteiger partial charge in [0.1, 0.15) is 0 Å². The highest BCUT2D eigenvalue weighted by atomic mass is 79.9. The molecule has 1 aromatic carbocycles. The van der Waals surface area contributed by atoms with Gasteiger partial charge in [-0.3, -0.25) is 4.79 Å². The van der Waals surface area contributed by atoms with Crippen LogP contribution < -0.4 is 0 Å². The lowest BCUT2D eigenvalue weighted by atomic mass is 10.1. The lowest BCUT2D eigenvalue weighted by Gasteiger charge is -2.03. The van der Waals surface area contributed by atoms with Crippen molar-refractivity contribution in [3.05, 3.63) is 45.4 Å². The van der Waals surface area contributed by atoms with Gasteiger partial charge in [0.05, 0.1) is 0 Å². The average molecular weight is 274 g/mol. The van der Waals surface area contributed by atoms with Crippen molar-refractivity contribution in [3.8, 4) is 0 Å². The van der Waals surface area contributed by atoms with E-state index < -0.39 is 0 Å². The van der Waals surface area contributed by atoms with Gasteiger partial charge < -0.3 is 0 Å². The maximum absolute atomic E-state index is 11.7. The number of hydrogen-bond donors (Lipinski definition) is 0. The molecule has 0 saturated heterocycles. The van der Waals surface area contributed by atoms with Gasteiger partial charge in [-0.15, -0.1) is 0 Å². The van der Waals surface area contributed by atoms with Gasteiger partial charge in [-0.1, -0.05) is 39.7 Å². The molecule has 0 atom stereocenters. The van der Waals surface area contributed by atoms with Gasteiger partial charge >= 0.3 is 0 Å². The standard InChI is InChI=1S/C11H10BrClO/c1-7(2)5-11(14)9-6-8(13)3-4-10(9)12/h3-4,6H,1,5H2,2H3. The molecule has 14 heavy (non-hydrogen) atoms. The van der Waals surface area contributed by atoms with Gasteiger partial charge in [-0.2, -0.15) is 0 Å². The highest BCUT2D eigenvalue weighted by molar-refractivity contribution is 9.10. The first kappa shape index (κ1) is 11.5. The molecule has 0 aliphatic heterocycles. The maximum atomic E-state index is 11.7. The summed E-state index contributed by atoms with van der Waals surface area (Å²) >= 11 is 9.11.